The minimum absolute atomic E-state index is 0.162. The molecular formula is C29H28BrClN2O7S. The van der Waals surface area contributed by atoms with Gasteiger partial charge in [-0.2, -0.15) is 0 Å². The van der Waals surface area contributed by atoms with Crippen LogP contribution in [0.1, 0.15) is 31.0 Å². The maximum atomic E-state index is 14.0. The zero-order chi connectivity index (χ0) is 29.8. The van der Waals surface area contributed by atoms with Gasteiger partial charge < -0.3 is 23.7 Å². The van der Waals surface area contributed by atoms with E-state index in [4.69, 9.17) is 35.3 Å². The number of hydrogen-bond acceptors (Lipinski definition) is 9. The lowest BCUT2D eigenvalue weighted by Crippen LogP contribution is -2.40. The first-order valence-electron chi connectivity index (χ1n) is 12.4. The summed E-state index contributed by atoms with van der Waals surface area (Å²) >= 11 is 11.3. The van der Waals surface area contributed by atoms with E-state index in [1.165, 1.54) is 37.2 Å². The molecule has 1 aromatic heterocycles. The Bertz CT molecular complexity index is 1730. The summed E-state index contributed by atoms with van der Waals surface area (Å²) in [4.78, 5) is 32.3. The number of carbonyl (C=O) groups excluding carboxylic acids is 1. The number of carbonyl (C=O) groups is 1. The normalized spacial score (nSPS) is 14.7. The molecule has 216 valence electrons. The molecule has 0 saturated carbocycles. The second-order valence-corrected chi connectivity index (χ2v) is 10.9. The number of benzene rings is 2. The third-order valence-electron chi connectivity index (χ3n) is 6.21. The van der Waals surface area contributed by atoms with E-state index in [-0.39, 0.29) is 24.3 Å². The Morgan fingerprint density at radius 1 is 1.15 bits per heavy atom. The molecule has 1 aliphatic heterocycles. The van der Waals surface area contributed by atoms with Crippen LogP contribution < -0.4 is 33.8 Å². The summed E-state index contributed by atoms with van der Waals surface area (Å²) in [6.07, 6.45) is 3.30. The van der Waals surface area contributed by atoms with Gasteiger partial charge in [0, 0.05) is 4.47 Å². The molecule has 0 aliphatic carbocycles. The molecule has 41 heavy (non-hydrogen) atoms. The van der Waals surface area contributed by atoms with Crippen LogP contribution in [-0.4, -0.2) is 45.1 Å². The van der Waals surface area contributed by atoms with E-state index in [0.717, 1.165) is 0 Å². The number of methoxy groups -OCH3 is 3. The van der Waals surface area contributed by atoms with E-state index in [1.807, 2.05) is 0 Å². The van der Waals surface area contributed by atoms with Crippen LogP contribution in [0, 0.1) is 0 Å². The minimum Gasteiger partial charge on any atom is -0.493 e. The molecular weight excluding hydrogens is 636 g/mol. The fourth-order valence-corrected chi connectivity index (χ4v) is 6.28. The van der Waals surface area contributed by atoms with Crippen LogP contribution in [0.2, 0.25) is 5.02 Å². The summed E-state index contributed by atoms with van der Waals surface area (Å²) in [5.41, 5.74) is 1.55. The van der Waals surface area contributed by atoms with Crippen LogP contribution in [0.5, 0.6) is 23.0 Å². The topological polar surface area (TPSA) is 97.6 Å². The van der Waals surface area contributed by atoms with Gasteiger partial charge in [0.15, 0.2) is 27.8 Å². The Labute approximate surface area is 254 Å². The number of ether oxygens (including phenoxy) is 5. The van der Waals surface area contributed by atoms with Gasteiger partial charge in [0.25, 0.3) is 5.56 Å². The van der Waals surface area contributed by atoms with Gasteiger partial charge >= 0.3 is 5.97 Å². The van der Waals surface area contributed by atoms with E-state index < -0.39 is 12.0 Å². The Hall–Kier alpha value is -3.54. The number of thiazole rings is 1. The SMILES string of the molecule is C=CCOc1c(Cl)cc(/C=c2\sc3n(c2=O)[C@@H](c2cc(OC)c(OC)cc2Br)C(C(=O)OCC)=C(C)N=3)cc1OC. The van der Waals surface area contributed by atoms with E-state index in [0.29, 0.717) is 58.7 Å². The van der Waals surface area contributed by atoms with Gasteiger partial charge in [-0.05, 0) is 55.3 Å². The molecule has 2 heterocycles. The van der Waals surface area contributed by atoms with E-state index in [2.05, 4.69) is 27.5 Å². The quantitative estimate of drug-likeness (QED) is 0.227. The zero-order valence-electron chi connectivity index (χ0n) is 23.1. The van der Waals surface area contributed by atoms with Crippen molar-refractivity contribution < 1.29 is 28.5 Å². The number of esters is 1. The van der Waals surface area contributed by atoms with Gasteiger partial charge in [-0.1, -0.05) is 51.5 Å². The highest BCUT2D eigenvalue weighted by molar-refractivity contribution is 9.10. The zero-order valence-corrected chi connectivity index (χ0v) is 26.2. The molecule has 1 aliphatic rings. The number of nitrogens with zero attached hydrogens (tertiary/aromatic N) is 2. The monoisotopic (exact) mass is 662 g/mol. The molecule has 3 aromatic rings. The van der Waals surface area contributed by atoms with Gasteiger partial charge in [-0.15, -0.1) is 0 Å². The third kappa shape index (κ3) is 5.93. The molecule has 0 amide bonds. The number of hydrogen-bond donors (Lipinski definition) is 0. The molecule has 1 atom stereocenters. The fourth-order valence-electron chi connectivity index (χ4n) is 4.42. The minimum atomic E-state index is -0.852. The second kappa shape index (κ2) is 13.0. The maximum Gasteiger partial charge on any atom is 0.338 e. The number of rotatable bonds is 10. The van der Waals surface area contributed by atoms with Crippen LogP contribution in [0.15, 0.2) is 62.5 Å². The molecule has 4 rings (SSSR count). The molecule has 0 spiro atoms. The summed E-state index contributed by atoms with van der Waals surface area (Å²) in [7, 11) is 4.55. The first kappa shape index (κ1) is 30.4. The van der Waals surface area contributed by atoms with Gasteiger partial charge in [0.1, 0.15) is 6.61 Å². The van der Waals surface area contributed by atoms with Gasteiger partial charge in [-0.3, -0.25) is 9.36 Å². The van der Waals surface area contributed by atoms with Gasteiger partial charge in [-0.25, -0.2) is 9.79 Å². The van der Waals surface area contributed by atoms with E-state index in [1.54, 1.807) is 50.3 Å². The number of halogens is 2. The van der Waals surface area contributed by atoms with Crippen molar-refractivity contribution in [1.29, 1.82) is 0 Å². The molecule has 0 radical (unpaired) electrons. The molecule has 12 heteroatoms. The van der Waals surface area contributed by atoms with Crippen LogP contribution in [0.4, 0.5) is 0 Å². The van der Waals surface area contributed by atoms with Crippen LogP contribution >= 0.6 is 38.9 Å². The highest BCUT2D eigenvalue weighted by atomic mass is 79.9. The van der Waals surface area contributed by atoms with Crippen molar-refractivity contribution in [2.45, 2.75) is 19.9 Å². The highest BCUT2D eigenvalue weighted by Gasteiger charge is 2.35. The van der Waals surface area contributed by atoms with Crippen molar-refractivity contribution in [2.24, 2.45) is 4.99 Å². The van der Waals surface area contributed by atoms with Crippen molar-refractivity contribution in [1.82, 2.24) is 4.57 Å². The lowest BCUT2D eigenvalue weighted by molar-refractivity contribution is -0.139. The average Bonchev–Trinajstić information content (AvgIpc) is 3.25. The predicted octanol–water partition coefficient (Wildman–Crippen LogP) is 4.80. The number of aromatic nitrogens is 1. The lowest BCUT2D eigenvalue weighted by atomic mass is 9.95. The summed E-state index contributed by atoms with van der Waals surface area (Å²) in [5, 5.41) is 0.317. The molecule has 9 nitrogen and oxygen atoms in total. The third-order valence-corrected chi connectivity index (χ3v) is 8.16. The fraction of sp³-hybridized carbons (Fsp3) is 0.276. The van der Waals surface area contributed by atoms with Crippen molar-refractivity contribution >= 4 is 50.9 Å². The number of allylic oxidation sites excluding steroid dienone is 1. The molecule has 0 bridgehead atoms. The van der Waals surface area contributed by atoms with Crippen molar-refractivity contribution in [3.8, 4) is 23.0 Å². The van der Waals surface area contributed by atoms with E-state index in [9.17, 15) is 9.59 Å². The van der Waals surface area contributed by atoms with Gasteiger partial charge in [0.2, 0.25) is 0 Å². The van der Waals surface area contributed by atoms with Crippen LogP contribution in [0.3, 0.4) is 0 Å². The predicted molar refractivity (Wildman–Crippen MR) is 161 cm³/mol. The highest BCUT2D eigenvalue weighted by Crippen LogP contribution is 2.41. The smallest absolute Gasteiger partial charge is 0.338 e. The Kier molecular flexibility index (Phi) is 9.62. The van der Waals surface area contributed by atoms with Gasteiger partial charge in [0.05, 0.1) is 54.8 Å². The van der Waals surface area contributed by atoms with Crippen molar-refractivity contribution in [3.05, 3.63) is 88.5 Å². The first-order chi connectivity index (χ1) is 19.7. The molecule has 0 unspecified atom stereocenters. The summed E-state index contributed by atoms with van der Waals surface area (Å²) in [5.74, 6) is 1.14. The molecule has 0 N–H and O–H groups in total. The lowest BCUT2D eigenvalue weighted by Gasteiger charge is -2.26. The second-order valence-electron chi connectivity index (χ2n) is 8.66. The average molecular weight is 664 g/mol. The molecule has 2 aromatic carbocycles. The van der Waals surface area contributed by atoms with Crippen LogP contribution in [0.25, 0.3) is 6.08 Å². The maximum absolute atomic E-state index is 14.0. The first-order valence-corrected chi connectivity index (χ1v) is 14.4. The Balaban J connectivity index is 1.96. The van der Waals surface area contributed by atoms with Crippen LogP contribution in [-0.2, 0) is 9.53 Å². The van der Waals surface area contributed by atoms with Crippen molar-refractivity contribution in [3.63, 3.8) is 0 Å². The number of fused-ring (bicyclic) bond motifs is 1. The van der Waals surface area contributed by atoms with E-state index >= 15 is 0 Å². The Morgan fingerprint density at radius 3 is 2.46 bits per heavy atom. The largest absolute Gasteiger partial charge is 0.493 e. The van der Waals surface area contributed by atoms with Crippen molar-refractivity contribution in [2.75, 3.05) is 34.5 Å². The molecule has 0 saturated heterocycles. The summed E-state index contributed by atoms with van der Waals surface area (Å²) < 4.78 is 29.9. The summed E-state index contributed by atoms with van der Waals surface area (Å²) in [6.45, 7) is 7.50. The standard InChI is InChI=1S/C29H28BrClN2O7S/c1-7-9-40-26-19(31)10-16(11-22(26)38-6)12-23-27(34)33-25(17-13-20(36-4)21(37-5)14-18(17)30)24(28(35)39-8-2)15(3)32-29(33)41-23/h7,10-14,25H,1,8-9H2,2-6H3/b23-12-/t25-/m0/s1. The Morgan fingerprint density at radius 2 is 1.83 bits per heavy atom. The molecule has 0 fully saturated rings. The summed E-state index contributed by atoms with van der Waals surface area (Å²) in [6, 6.07) is 6.01.